The molecule has 3 nitrogen and oxygen atoms in total. The maximum atomic E-state index is 3.40. The lowest BCUT2D eigenvalue weighted by molar-refractivity contribution is 0.194. The highest BCUT2D eigenvalue weighted by atomic mass is 35.5. The fraction of sp³-hybridized carbons (Fsp3) is 0.636. The van der Waals surface area contributed by atoms with E-state index in [0.717, 1.165) is 13.1 Å². The number of likely N-dealkylation sites (N-methyl/N-ethyl adjacent to an activating group) is 1. The predicted molar refractivity (Wildman–Crippen MR) is 65.5 cm³/mol. The van der Waals surface area contributed by atoms with Crippen molar-refractivity contribution in [1.29, 1.82) is 0 Å². The van der Waals surface area contributed by atoms with E-state index in [2.05, 4.69) is 41.3 Å². The molecule has 86 valence electrons. The van der Waals surface area contributed by atoms with E-state index in [1.165, 1.54) is 12.1 Å². The van der Waals surface area contributed by atoms with Crippen molar-refractivity contribution < 1.29 is 0 Å². The number of aromatic nitrogens is 1. The number of H-pyrrole nitrogens is 1. The van der Waals surface area contributed by atoms with Gasteiger partial charge >= 0.3 is 0 Å². The molecule has 0 bridgehead atoms. The molecule has 1 fully saturated rings. The van der Waals surface area contributed by atoms with Crippen molar-refractivity contribution in [2.45, 2.75) is 25.4 Å². The smallest absolute Gasteiger partial charge is 0.0470 e. The van der Waals surface area contributed by atoms with Gasteiger partial charge in [0, 0.05) is 30.5 Å². The number of nitrogens with one attached hydrogen (secondary N) is 2. The number of nitrogens with zero attached hydrogens (tertiary/aromatic N) is 1. The van der Waals surface area contributed by atoms with Crippen LogP contribution in [0, 0.1) is 0 Å². The molecule has 2 N–H and O–H groups in total. The lowest BCUT2D eigenvalue weighted by atomic mass is 10.1. The van der Waals surface area contributed by atoms with E-state index in [-0.39, 0.29) is 12.4 Å². The lowest BCUT2D eigenvalue weighted by Crippen LogP contribution is -2.35. The highest BCUT2D eigenvalue weighted by Crippen LogP contribution is 2.21. The quantitative estimate of drug-likeness (QED) is 0.828. The van der Waals surface area contributed by atoms with Gasteiger partial charge in [-0.15, -0.1) is 12.4 Å². The average molecular weight is 230 g/mol. The molecule has 0 aromatic carbocycles. The molecule has 2 heterocycles. The summed E-state index contributed by atoms with van der Waals surface area (Å²) in [6, 6.07) is 5.39. The first-order chi connectivity index (χ1) is 6.79. The minimum atomic E-state index is 0. The Labute approximate surface area is 97.7 Å². The Morgan fingerprint density at radius 3 is 2.87 bits per heavy atom. The van der Waals surface area contributed by atoms with Crippen LogP contribution < -0.4 is 5.32 Å². The molecule has 1 aliphatic rings. The molecule has 15 heavy (non-hydrogen) atoms. The summed E-state index contributed by atoms with van der Waals surface area (Å²) in [7, 11) is 2.21. The van der Waals surface area contributed by atoms with Gasteiger partial charge in [-0.1, -0.05) is 0 Å². The molecule has 0 amide bonds. The van der Waals surface area contributed by atoms with Gasteiger partial charge in [-0.3, -0.25) is 4.90 Å². The third-order valence-corrected chi connectivity index (χ3v) is 3.29. The normalized spacial score (nSPS) is 22.7. The van der Waals surface area contributed by atoms with Crippen LogP contribution in [0.3, 0.4) is 0 Å². The topological polar surface area (TPSA) is 31.1 Å². The van der Waals surface area contributed by atoms with Crippen molar-refractivity contribution in [3.8, 4) is 0 Å². The molecule has 1 aromatic rings. The summed E-state index contributed by atoms with van der Waals surface area (Å²) < 4.78 is 0. The first-order valence-corrected chi connectivity index (χ1v) is 5.35. The van der Waals surface area contributed by atoms with E-state index in [9.17, 15) is 0 Å². The van der Waals surface area contributed by atoms with Crippen LogP contribution in [0.5, 0.6) is 0 Å². The number of rotatable bonds is 3. The van der Waals surface area contributed by atoms with Gasteiger partial charge in [0.05, 0.1) is 0 Å². The van der Waals surface area contributed by atoms with Gasteiger partial charge in [0.1, 0.15) is 0 Å². The number of halogens is 1. The van der Waals surface area contributed by atoms with Crippen LogP contribution in [0.4, 0.5) is 0 Å². The molecule has 1 aliphatic heterocycles. The average Bonchev–Trinajstić information content (AvgIpc) is 2.87. The summed E-state index contributed by atoms with van der Waals surface area (Å²) in [5, 5.41) is 3.40. The Morgan fingerprint density at radius 1 is 1.53 bits per heavy atom. The van der Waals surface area contributed by atoms with Crippen molar-refractivity contribution in [2.75, 3.05) is 20.1 Å². The highest BCUT2D eigenvalue weighted by Gasteiger charge is 2.23. The minimum Gasteiger partial charge on any atom is -0.364 e. The molecule has 0 spiro atoms. The van der Waals surface area contributed by atoms with Crippen molar-refractivity contribution in [1.82, 2.24) is 15.2 Å². The molecule has 1 aromatic heterocycles. The Hall–Kier alpha value is -0.510. The van der Waals surface area contributed by atoms with E-state index < -0.39 is 0 Å². The van der Waals surface area contributed by atoms with Crippen molar-refractivity contribution >= 4 is 12.4 Å². The zero-order valence-corrected chi connectivity index (χ0v) is 10.2. The second-order valence-electron chi connectivity index (χ2n) is 4.11. The van der Waals surface area contributed by atoms with Crippen LogP contribution in [-0.4, -0.2) is 36.1 Å². The fourth-order valence-electron chi connectivity index (χ4n) is 2.13. The summed E-state index contributed by atoms with van der Waals surface area (Å²) in [4.78, 5) is 5.73. The first kappa shape index (κ1) is 12.6. The molecule has 0 aliphatic carbocycles. The van der Waals surface area contributed by atoms with Crippen molar-refractivity contribution in [3.63, 3.8) is 0 Å². The third kappa shape index (κ3) is 2.74. The SMILES string of the molecule is CC(c1ccc[nH]1)N(C)[C@H]1CCNC1.Cl. The third-order valence-electron chi connectivity index (χ3n) is 3.29. The van der Waals surface area contributed by atoms with Gasteiger partial charge in [0.2, 0.25) is 0 Å². The van der Waals surface area contributed by atoms with Crippen LogP contribution in [-0.2, 0) is 0 Å². The van der Waals surface area contributed by atoms with Crippen LogP contribution in [0.2, 0.25) is 0 Å². The Morgan fingerprint density at radius 2 is 2.33 bits per heavy atom. The molecular weight excluding hydrogens is 210 g/mol. The van der Waals surface area contributed by atoms with Crippen molar-refractivity contribution in [3.05, 3.63) is 24.0 Å². The van der Waals surface area contributed by atoms with Crippen molar-refractivity contribution in [2.24, 2.45) is 0 Å². The van der Waals surface area contributed by atoms with Gasteiger partial charge in [-0.2, -0.15) is 0 Å². The molecule has 0 saturated carbocycles. The summed E-state index contributed by atoms with van der Waals surface area (Å²) in [5.41, 5.74) is 1.31. The Bertz CT molecular complexity index is 267. The lowest BCUT2D eigenvalue weighted by Gasteiger charge is -2.29. The molecule has 1 saturated heterocycles. The van der Waals surface area contributed by atoms with Crippen LogP contribution >= 0.6 is 12.4 Å². The monoisotopic (exact) mass is 229 g/mol. The molecule has 2 rings (SSSR count). The van der Waals surface area contributed by atoms with E-state index in [0.29, 0.717) is 12.1 Å². The van der Waals surface area contributed by atoms with Crippen LogP contribution in [0.25, 0.3) is 0 Å². The minimum absolute atomic E-state index is 0. The zero-order valence-electron chi connectivity index (χ0n) is 9.36. The van der Waals surface area contributed by atoms with E-state index in [4.69, 9.17) is 0 Å². The molecule has 0 radical (unpaired) electrons. The fourth-order valence-corrected chi connectivity index (χ4v) is 2.13. The largest absolute Gasteiger partial charge is 0.364 e. The zero-order chi connectivity index (χ0) is 9.97. The Balaban J connectivity index is 0.00000112. The van der Waals surface area contributed by atoms with Gasteiger partial charge < -0.3 is 10.3 Å². The van der Waals surface area contributed by atoms with Gasteiger partial charge in [-0.25, -0.2) is 0 Å². The van der Waals surface area contributed by atoms with Crippen LogP contribution in [0.1, 0.15) is 25.1 Å². The Kier molecular flexibility index (Phi) is 4.64. The van der Waals surface area contributed by atoms with Gasteiger partial charge in [0.25, 0.3) is 0 Å². The number of hydrogen-bond donors (Lipinski definition) is 2. The van der Waals surface area contributed by atoms with E-state index in [1.807, 2.05) is 6.20 Å². The molecule has 1 unspecified atom stereocenters. The van der Waals surface area contributed by atoms with E-state index >= 15 is 0 Å². The maximum Gasteiger partial charge on any atom is 0.0470 e. The van der Waals surface area contributed by atoms with E-state index in [1.54, 1.807) is 0 Å². The summed E-state index contributed by atoms with van der Waals surface area (Å²) in [5.74, 6) is 0. The predicted octanol–water partition coefficient (Wildman–Crippen LogP) is 1.79. The molecule has 2 atom stereocenters. The second-order valence-corrected chi connectivity index (χ2v) is 4.11. The first-order valence-electron chi connectivity index (χ1n) is 5.35. The summed E-state index contributed by atoms with van der Waals surface area (Å²) in [6.07, 6.45) is 3.26. The maximum absolute atomic E-state index is 3.40. The summed E-state index contributed by atoms with van der Waals surface area (Å²) in [6.45, 7) is 4.54. The van der Waals surface area contributed by atoms with Gasteiger partial charge in [0.15, 0.2) is 0 Å². The second kappa shape index (κ2) is 5.54. The molecular formula is C11H20ClN3. The van der Waals surface area contributed by atoms with Crippen LogP contribution in [0.15, 0.2) is 18.3 Å². The number of aromatic amines is 1. The highest BCUT2D eigenvalue weighted by molar-refractivity contribution is 5.85. The standard InChI is InChI=1S/C11H19N3.ClH/c1-9(11-4-3-6-13-11)14(2)10-5-7-12-8-10;/h3-4,6,9-10,12-13H,5,7-8H2,1-2H3;1H/t9?,10-;/m0./s1. The van der Waals surface area contributed by atoms with Gasteiger partial charge in [-0.05, 0) is 39.1 Å². The molecule has 4 heteroatoms. The summed E-state index contributed by atoms with van der Waals surface area (Å²) >= 11 is 0. The number of hydrogen-bond acceptors (Lipinski definition) is 2.